The number of benzene rings is 4. The second-order valence-electron chi connectivity index (χ2n) is 6.43. The molecule has 0 spiro atoms. The van der Waals surface area contributed by atoms with Crippen LogP contribution in [0.1, 0.15) is 11.1 Å². The van der Waals surface area contributed by atoms with Gasteiger partial charge in [0.2, 0.25) is 0 Å². The van der Waals surface area contributed by atoms with Crippen molar-refractivity contribution in [3.63, 3.8) is 0 Å². The van der Waals surface area contributed by atoms with E-state index in [1.165, 1.54) is 27.1 Å². The molecule has 0 radical (unpaired) electrons. The van der Waals surface area contributed by atoms with Gasteiger partial charge in [0.1, 0.15) is 0 Å². The number of thiocarbonyl (C=S) groups is 1. The van der Waals surface area contributed by atoms with Crippen molar-refractivity contribution in [2.24, 2.45) is 5.10 Å². The number of hydrazone groups is 1. The van der Waals surface area contributed by atoms with Gasteiger partial charge in [0.15, 0.2) is 5.11 Å². The Labute approximate surface area is 163 Å². The number of aryl methyl sites for hydroxylation is 1. The number of fused-ring (bicyclic) bond motifs is 2. The maximum absolute atomic E-state index is 5.35. The van der Waals surface area contributed by atoms with E-state index in [9.17, 15) is 0 Å². The molecule has 0 bridgehead atoms. The van der Waals surface area contributed by atoms with Crippen LogP contribution < -0.4 is 10.7 Å². The molecular weight excluding hydrogens is 350 g/mol. The summed E-state index contributed by atoms with van der Waals surface area (Å²) in [4.78, 5) is 0. The maximum atomic E-state index is 5.35. The van der Waals surface area contributed by atoms with Gasteiger partial charge in [-0.1, -0.05) is 60.7 Å². The molecule has 4 aromatic carbocycles. The lowest BCUT2D eigenvalue weighted by Crippen LogP contribution is -2.23. The van der Waals surface area contributed by atoms with Gasteiger partial charge in [-0.25, -0.2) is 0 Å². The fraction of sp³-hybridized carbons (Fsp3) is 0.0435. The fourth-order valence-corrected chi connectivity index (χ4v) is 3.40. The Balaban J connectivity index is 1.61. The van der Waals surface area contributed by atoms with Crippen LogP contribution in [0.3, 0.4) is 0 Å². The molecule has 0 amide bonds. The van der Waals surface area contributed by atoms with E-state index < -0.39 is 0 Å². The van der Waals surface area contributed by atoms with Crippen molar-refractivity contribution in [1.29, 1.82) is 0 Å². The molecule has 0 aromatic heterocycles. The Bertz CT molecular complexity index is 1110. The molecule has 27 heavy (non-hydrogen) atoms. The number of hydrogen-bond acceptors (Lipinski definition) is 2. The van der Waals surface area contributed by atoms with Crippen LogP contribution in [0, 0.1) is 6.92 Å². The molecule has 132 valence electrons. The third kappa shape index (κ3) is 3.81. The monoisotopic (exact) mass is 369 g/mol. The van der Waals surface area contributed by atoms with Gasteiger partial charge in [-0.15, -0.1) is 0 Å². The van der Waals surface area contributed by atoms with Gasteiger partial charge < -0.3 is 5.32 Å². The van der Waals surface area contributed by atoms with Crippen LogP contribution in [0.4, 0.5) is 5.69 Å². The lowest BCUT2D eigenvalue weighted by molar-refractivity contribution is 1.05. The highest BCUT2D eigenvalue weighted by Gasteiger charge is 2.05. The number of anilines is 1. The first-order valence-corrected chi connectivity index (χ1v) is 9.19. The van der Waals surface area contributed by atoms with Gasteiger partial charge in [-0.2, -0.15) is 5.10 Å². The van der Waals surface area contributed by atoms with E-state index in [0.717, 1.165) is 11.3 Å². The van der Waals surface area contributed by atoms with Crippen molar-refractivity contribution in [2.45, 2.75) is 6.92 Å². The molecule has 3 nitrogen and oxygen atoms in total. The van der Waals surface area contributed by atoms with Crippen molar-refractivity contribution in [3.8, 4) is 0 Å². The Morgan fingerprint density at radius 2 is 1.52 bits per heavy atom. The average molecular weight is 369 g/mol. The molecule has 0 saturated carbocycles. The number of rotatable bonds is 3. The van der Waals surface area contributed by atoms with Crippen LogP contribution in [0.5, 0.6) is 0 Å². The molecule has 0 atom stereocenters. The van der Waals surface area contributed by atoms with Gasteiger partial charge in [0.25, 0.3) is 0 Å². The van der Waals surface area contributed by atoms with Crippen molar-refractivity contribution in [1.82, 2.24) is 5.43 Å². The van der Waals surface area contributed by atoms with E-state index in [0.29, 0.717) is 5.11 Å². The quantitative estimate of drug-likeness (QED) is 0.213. The molecule has 0 fully saturated rings. The zero-order chi connectivity index (χ0) is 18.6. The minimum absolute atomic E-state index is 0.460. The summed E-state index contributed by atoms with van der Waals surface area (Å²) in [6.45, 7) is 2.05. The third-order valence-electron chi connectivity index (χ3n) is 4.45. The van der Waals surface area contributed by atoms with Gasteiger partial charge in [0.05, 0.1) is 6.21 Å². The SMILES string of the molecule is Cc1cccc(NC(=S)N/N=C/c2c3ccccc3cc3ccccc23)c1. The van der Waals surface area contributed by atoms with Crippen molar-refractivity contribution in [3.05, 3.63) is 90.0 Å². The molecule has 4 heteroatoms. The summed E-state index contributed by atoms with van der Waals surface area (Å²) >= 11 is 5.35. The van der Waals surface area contributed by atoms with E-state index in [2.05, 4.69) is 58.3 Å². The highest BCUT2D eigenvalue weighted by atomic mass is 32.1. The van der Waals surface area contributed by atoms with Gasteiger partial charge in [-0.05, 0) is 64.4 Å². The molecule has 0 aliphatic carbocycles. The standard InChI is InChI=1S/C23H19N3S/c1-16-7-6-10-19(13-16)25-23(27)26-24-15-22-20-11-4-2-8-17(20)14-18-9-3-5-12-21(18)22/h2-15H,1H3,(H2,25,26,27)/b24-15+. The highest BCUT2D eigenvalue weighted by Crippen LogP contribution is 2.27. The Hall–Kier alpha value is -3.24. The average Bonchev–Trinajstić information content (AvgIpc) is 2.67. The first-order chi connectivity index (χ1) is 13.2. The molecule has 0 heterocycles. The summed E-state index contributed by atoms with van der Waals surface area (Å²) in [6, 6.07) is 26.9. The Morgan fingerprint density at radius 1 is 0.852 bits per heavy atom. The van der Waals surface area contributed by atoms with Crippen LogP contribution >= 0.6 is 12.2 Å². The predicted molar refractivity (Wildman–Crippen MR) is 120 cm³/mol. The Morgan fingerprint density at radius 3 is 2.19 bits per heavy atom. The fourth-order valence-electron chi connectivity index (χ4n) is 3.23. The van der Waals surface area contributed by atoms with Crippen LogP contribution in [-0.4, -0.2) is 11.3 Å². The van der Waals surface area contributed by atoms with E-state index in [1.807, 2.05) is 49.5 Å². The lowest BCUT2D eigenvalue weighted by atomic mass is 9.97. The zero-order valence-corrected chi connectivity index (χ0v) is 15.8. The topological polar surface area (TPSA) is 36.4 Å². The molecule has 0 aliphatic heterocycles. The highest BCUT2D eigenvalue weighted by molar-refractivity contribution is 7.80. The number of nitrogens with one attached hydrogen (secondary N) is 2. The minimum Gasteiger partial charge on any atom is -0.331 e. The van der Waals surface area contributed by atoms with Crippen LogP contribution in [0.25, 0.3) is 21.5 Å². The van der Waals surface area contributed by atoms with E-state index in [4.69, 9.17) is 12.2 Å². The summed E-state index contributed by atoms with van der Waals surface area (Å²) < 4.78 is 0. The first-order valence-electron chi connectivity index (χ1n) is 8.78. The van der Waals surface area contributed by atoms with Crippen LogP contribution in [0.2, 0.25) is 0 Å². The molecular formula is C23H19N3S. The van der Waals surface area contributed by atoms with Crippen molar-refractivity contribution < 1.29 is 0 Å². The van der Waals surface area contributed by atoms with Crippen molar-refractivity contribution >= 4 is 50.8 Å². The van der Waals surface area contributed by atoms with E-state index >= 15 is 0 Å². The largest absolute Gasteiger partial charge is 0.331 e. The number of nitrogens with zero attached hydrogens (tertiary/aromatic N) is 1. The van der Waals surface area contributed by atoms with Gasteiger partial charge in [0, 0.05) is 11.3 Å². The molecule has 2 N–H and O–H groups in total. The molecule has 0 unspecified atom stereocenters. The maximum Gasteiger partial charge on any atom is 0.191 e. The summed E-state index contributed by atoms with van der Waals surface area (Å²) in [5.41, 5.74) is 6.11. The molecule has 4 rings (SSSR count). The number of hydrogen-bond donors (Lipinski definition) is 2. The summed E-state index contributed by atoms with van der Waals surface area (Å²) in [5.74, 6) is 0. The second-order valence-corrected chi connectivity index (χ2v) is 6.83. The second kappa shape index (κ2) is 7.56. The van der Waals surface area contributed by atoms with E-state index in [1.54, 1.807) is 0 Å². The summed E-state index contributed by atoms with van der Waals surface area (Å²) in [5, 5.41) is 12.7. The normalized spacial score (nSPS) is 11.1. The van der Waals surface area contributed by atoms with Crippen molar-refractivity contribution in [2.75, 3.05) is 5.32 Å². The first kappa shape index (κ1) is 17.2. The lowest BCUT2D eigenvalue weighted by Gasteiger charge is -2.09. The molecule has 4 aromatic rings. The third-order valence-corrected chi connectivity index (χ3v) is 4.64. The van der Waals surface area contributed by atoms with Crippen LogP contribution in [-0.2, 0) is 0 Å². The van der Waals surface area contributed by atoms with Crippen LogP contribution in [0.15, 0.2) is 84.0 Å². The summed E-state index contributed by atoms with van der Waals surface area (Å²) in [7, 11) is 0. The predicted octanol–water partition coefficient (Wildman–Crippen LogP) is 5.62. The van der Waals surface area contributed by atoms with Gasteiger partial charge >= 0.3 is 0 Å². The summed E-state index contributed by atoms with van der Waals surface area (Å²) in [6.07, 6.45) is 1.84. The van der Waals surface area contributed by atoms with Gasteiger partial charge in [-0.3, -0.25) is 5.43 Å². The van der Waals surface area contributed by atoms with E-state index in [-0.39, 0.29) is 0 Å². The Kier molecular flexibility index (Phi) is 4.81. The minimum atomic E-state index is 0.460. The zero-order valence-electron chi connectivity index (χ0n) is 14.9. The molecule has 0 saturated heterocycles. The molecule has 0 aliphatic rings. The smallest absolute Gasteiger partial charge is 0.191 e.